The number of benzene rings is 1. The average molecular weight is 604 g/mol. The van der Waals surface area contributed by atoms with E-state index in [4.69, 9.17) is 11.6 Å². The molecule has 4 N–H and O–H groups in total. The average Bonchev–Trinajstić information content (AvgIpc) is 3.72. The van der Waals surface area contributed by atoms with Gasteiger partial charge in [0.1, 0.15) is 5.69 Å². The summed E-state index contributed by atoms with van der Waals surface area (Å²) < 4.78 is 41.7. The second kappa shape index (κ2) is 10.9. The molecule has 0 saturated carbocycles. The molecule has 1 aromatic carbocycles. The summed E-state index contributed by atoms with van der Waals surface area (Å²) in [6, 6.07) is 4.36. The third-order valence-electron chi connectivity index (χ3n) is 7.37. The Bertz CT molecular complexity index is 1650. The van der Waals surface area contributed by atoms with Gasteiger partial charge in [-0.05, 0) is 24.6 Å². The molecule has 4 aromatic rings. The molecule has 0 radical (unpaired) electrons. The van der Waals surface area contributed by atoms with Crippen molar-refractivity contribution in [2.75, 3.05) is 38.0 Å². The first kappa shape index (κ1) is 27.9. The molecule has 0 spiro atoms. The van der Waals surface area contributed by atoms with E-state index in [-0.39, 0.29) is 45.1 Å². The number of fused-ring (bicyclic) bond motifs is 1. The number of H-pyrrole nitrogens is 1. The summed E-state index contributed by atoms with van der Waals surface area (Å²) in [4.78, 5) is 37.8. The van der Waals surface area contributed by atoms with Gasteiger partial charge in [0.05, 0.1) is 46.4 Å². The number of amides is 2. The summed E-state index contributed by atoms with van der Waals surface area (Å²) in [6.07, 6.45) is 0.527. The van der Waals surface area contributed by atoms with Gasteiger partial charge in [0.15, 0.2) is 11.5 Å². The molecule has 6 rings (SSSR count). The summed E-state index contributed by atoms with van der Waals surface area (Å²) in [6.45, 7) is 1.83. The maximum atomic E-state index is 13.4. The Kier molecular flexibility index (Phi) is 7.24. The van der Waals surface area contributed by atoms with Gasteiger partial charge >= 0.3 is 6.18 Å². The number of anilines is 2. The predicted molar refractivity (Wildman–Crippen MR) is 145 cm³/mol. The van der Waals surface area contributed by atoms with Gasteiger partial charge < -0.3 is 25.5 Å². The van der Waals surface area contributed by atoms with Crippen molar-refractivity contribution in [2.24, 2.45) is 0 Å². The molecule has 5 heterocycles. The number of aliphatic hydroxyl groups excluding tert-OH is 1. The number of β-amino-alcohol motifs (C(OH)–C–C–N with tert-alkyl or cyclic N) is 1. The number of hydrogen-bond acceptors (Lipinski definition) is 8. The highest BCUT2D eigenvalue weighted by Crippen LogP contribution is 2.36. The topological polar surface area (TPSA) is 144 Å². The molecule has 2 fully saturated rings. The second-order valence-corrected chi connectivity index (χ2v) is 10.5. The second-order valence-electron chi connectivity index (χ2n) is 10.1. The van der Waals surface area contributed by atoms with Crippen LogP contribution in [0.25, 0.3) is 16.9 Å². The molecule has 3 aromatic heterocycles. The number of halogens is 4. The third kappa shape index (κ3) is 5.26. The van der Waals surface area contributed by atoms with Crippen LogP contribution >= 0.6 is 11.6 Å². The van der Waals surface area contributed by atoms with Crippen molar-refractivity contribution in [3.63, 3.8) is 0 Å². The molecule has 2 aliphatic heterocycles. The zero-order chi connectivity index (χ0) is 29.6. The number of aliphatic hydroxyl groups is 1. The van der Waals surface area contributed by atoms with E-state index in [0.29, 0.717) is 44.8 Å². The van der Waals surface area contributed by atoms with Crippen LogP contribution in [-0.4, -0.2) is 96.2 Å². The minimum absolute atomic E-state index is 0.0779. The number of hydrogen-bond donors (Lipinski definition) is 4. The van der Waals surface area contributed by atoms with Crippen LogP contribution in [0.15, 0.2) is 43.0 Å². The van der Waals surface area contributed by atoms with Crippen molar-refractivity contribution in [3.05, 3.63) is 59.3 Å². The first-order valence-electron chi connectivity index (χ1n) is 13.1. The van der Waals surface area contributed by atoms with Gasteiger partial charge in [0.2, 0.25) is 5.91 Å². The highest BCUT2D eigenvalue weighted by atomic mass is 35.5. The fraction of sp³-hybridized carbons (Fsp3) is 0.346. The van der Waals surface area contributed by atoms with Crippen LogP contribution in [0, 0.1) is 0 Å². The number of carbonyl (C=O) groups is 2. The fourth-order valence-electron chi connectivity index (χ4n) is 5.23. The number of aromatic amines is 1. The van der Waals surface area contributed by atoms with E-state index in [1.807, 2.05) is 5.10 Å². The SMILES string of the molecule is O=C(c1ccc(Nc2nccn3c(-c4cn[nH]c4C(F)(F)F)cnc23)cc1Cl)N1CCN(C(=O)[C@H]2C[C@H](O)CN2)CC1. The number of imidazole rings is 1. The minimum atomic E-state index is -4.62. The minimum Gasteiger partial charge on any atom is -0.392 e. The molecule has 0 unspecified atom stereocenters. The van der Waals surface area contributed by atoms with Crippen molar-refractivity contribution in [3.8, 4) is 11.3 Å². The van der Waals surface area contributed by atoms with Gasteiger partial charge in [-0.25, -0.2) is 9.97 Å². The molecule has 0 aliphatic carbocycles. The monoisotopic (exact) mass is 603 g/mol. The first-order chi connectivity index (χ1) is 20.1. The van der Waals surface area contributed by atoms with Gasteiger partial charge in [0.25, 0.3) is 5.91 Å². The number of piperazine rings is 1. The van der Waals surface area contributed by atoms with E-state index in [0.717, 1.165) is 6.20 Å². The number of nitrogens with zero attached hydrogens (tertiary/aromatic N) is 6. The number of rotatable bonds is 5. The molecule has 2 aliphatic rings. The molecule has 0 bridgehead atoms. The summed E-state index contributed by atoms with van der Waals surface area (Å²) in [5.74, 6) is -0.0846. The molecule has 220 valence electrons. The van der Waals surface area contributed by atoms with Crippen molar-refractivity contribution in [2.45, 2.75) is 24.7 Å². The van der Waals surface area contributed by atoms with E-state index in [9.17, 15) is 27.9 Å². The highest BCUT2D eigenvalue weighted by Gasteiger charge is 2.37. The van der Waals surface area contributed by atoms with Crippen molar-refractivity contribution >= 4 is 40.6 Å². The van der Waals surface area contributed by atoms with Crippen molar-refractivity contribution in [1.29, 1.82) is 0 Å². The normalized spacial score (nSPS) is 19.5. The smallest absolute Gasteiger partial charge is 0.392 e. The molecule has 12 nitrogen and oxygen atoms in total. The largest absolute Gasteiger partial charge is 0.433 e. The maximum absolute atomic E-state index is 13.4. The lowest BCUT2D eigenvalue weighted by atomic mass is 10.1. The third-order valence-corrected chi connectivity index (χ3v) is 7.69. The van der Waals surface area contributed by atoms with Crippen LogP contribution < -0.4 is 10.6 Å². The Labute approximate surface area is 241 Å². The number of nitrogens with one attached hydrogen (secondary N) is 3. The van der Waals surface area contributed by atoms with Crippen molar-refractivity contribution in [1.82, 2.24) is 39.7 Å². The van der Waals surface area contributed by atoms with Gasteiger partial charge in [0, 0.05) is 50.8 Å². The Morgan fingerprint density at radius 3 is 2.55 bits per heavy atom. The van der Waals surface area contributed by atoms with Gasteiger partial charge in [-0.1, -0.05) is 11.6 Å². The lowest BCUT2D eigenvalue weighted by Gasteiger charge is -2.36. The number of carbonyl (C=O) groups excluding carboxylic acids is 2. The zero-order valence-electron chi connectivity index (χ0n) is 21.9. The molecule has 2 saturated heterocycles. The fourth-order valence-corrected chi connectivity index (χ4v) is 5.49. The van der Waals surface area contributed by atoms with Crippen LogP contribution in [0.4, 0.5) is 24.7 Å². The van der Waals surface area contributed by atoms with Crippen LogP contribution in [-0.2, 0) is 11.0 Å². The van der Waals surface area contributed by atoms with E-state index >= 15 is 0 Å². The Morgan fingerprint density at radius 2 is 1.86 bits per heavy atom. The first-order valence-corrected chi connectivity index (χ1v) is 13.5. The van der Waals surface area contributed by atoms with E-state index in [1.165, 1.54) is 23.0 Å². The lowest BCUT2D eigenvalue weighted by molar-refractivity contribution is -0.140. The van der Waals surface area contributed by atoms with E-state index in [1.54, 1.807) is 28.0 Å². The van der Waals surface area contributed by atoms with E-state index in [2.05, 4.69) is 25.7 Å². The van der Waals surface area contributed by atoms with Crippen LogP contribution in [0.5, 0.6) is 0 Å². The Morgan fingerprint density at radius 1 is 1.10 bits per heavy atom. The molecule has 16 heteroatoms. The Balaban J connectivity index is 1.15. The molecule has 42 heavy (non-hydrogen) atoms. The van der Waals surface area contributed by atoms with Crippen LogP contribution in [0.2, 0.25) is 5.02 Å². The van der Waals surface area contributed by atoms with Crippen molar-refractivity contribution < 1.29 is 27.9 Å². The van der Waals surface area contributed by atoms with Gasteiger partial charge in [-0.15, -0.1) is 0 Å². The highest BCUT2D eigenvalue weighted by molar-refractivity contribution is 6.34. The molecular weight excluding hydrogens is 579 g/mol. The van der Waals surface area contributed by atoms with Gasteiger partial charge in [-0.2, -0.15) is 18.3 Å². The maximum Gasteiger partial charge on any atom is 0.433 e. The van der Waals surface area contributed by atoms with Crippen LogP contribution in [0.3, 0.4) is 0 Å². The summed E-state index contributed by atoms with van der Waals surface area (Å²) >= 11 is 6.50. The van der Waals surface area contributed by atoms with E-state index < -0.39 is 24.0 Å². The lowest BCUT2D eigenvalue weighted by Crippen LogP contribution is -2.54. The summed E-state index contributed by atoms with van der Waals surface area (Å²) in [7, 11) is 0. The zero-order valence-corrected chi connectivity index (χ0v) is 22.7. The summed E-state index contributed by atoms with van der Waals surface area (Å²) in [5.41, 5.74) is 0.0833. The molecular formula is C26H25ClF3N9O3. The number of alkyl halides is 3. The Hall–Kier alpha value is -4.21. The quantitative estimate of drug-likeness (QED) is 0.273. The standard InChI is InChI=1S/C26H25ClF3N9O3/c27-18-9-14(1-2-16(18)24(41)37-5-7-38(8-6-37)25(42)19-10-15(40)11-32-19)35-22-23-33-13-20(39(23)4-3-31-22)17-12-34-36-21(17)26(28,29)30/h1-4,9,12-13,15,19,32,40H,5-8,10-11H2,(H,31,35)(H,34,36)/t15-,19+/m0/s1. The predicted octanol–water partition coefficient (Wildman–Crippen LogP) is 2.54. The van der Waals surface area contributed by atoms with Crippen LogP contribution in [0.1, 0.15) is 22.5 Å². The van der Waals surface area contributed by atoms with Gasteiger partial charge in [-0.3, -0.25) is 19.1 Å². The number of aromatic nitrogens is 5. The molecule has 2 amide bonds. The summed E-state index contributed by atoms with van der Waals surface area (Å²) in [5, 5.41) is 21.5. The molecule has 2 atom stereocenters.